The standard InChI is InChI=1S/C10H11NO2/c1-8-3-5-10(6-4-8)9(2)7-11(12)13/h3-7H,1-2H3/b9-7+. The second-order valence-electron chi connectivity index (χ2n) is 2.96. The molecule has 0 saturated heterocycles. The summed E-state index contributed by atoms with van der Waals surface area (Å²) in [4.78, 5) is 9.74. The predicted molar refractivity (Wildman–Crippen MR) is 51.8 cm³/mol. The quantitative estimate of drug-likeness (QED) is 0.514. The van der Waals surface area contributed by atoms with Crippen molar-refractivity contribution >= 4 is 5.57 Å². The average molecular weight is 177 g/mol. The lowest BCUT2D eigenvalue weighted by Gasteiger charge is -1.98. The molecule has 0 spiro atoms. The Balaban J connectivity index is 2.96. The van der Waals surface area contributed by atoms with Crippen LogP contribution in [0.3, 0.4) is 0 Å². The fourth-order valence-electron chi connectivity index (χ4n) is 1.05. The van der Waals surface area contributed by atoms with Gasteiger partial charge in [-0.25, -0.2) is 0 Å². The molecule has 0 bridgehead atoms. The maximum atomic E-state index is 10.2. The summed E-state index contributed by atoms with van der Waals surface area (Å²) in [5, 5.41) is 10.2. The van der Waals surface area contributed by atoms with Crippen LogP contribution in [0.15, 0.2) is 30.5 Å². The van der Waals surface area contributed by atoms with Crippen molar-refractivity contribution in [2.75, 3.05) is 0 Å². The number of nitro groups is 1. The molecule has 0 heterocycles. The molecule has 0 aliphatic heterocycles. The van der Waals surface area contributed by atoms with Gasteiger partial charge in [0, 0.05) is 5.57 Å². The third-order valence-electron chi connectivity index (χ3n) is 1.81. The van der Waals surface area contributed by atoms with Crippen molar-refractivity contribution in [3.05, 3.63) is 51.7 Å². The van der Waals surface area contributed by atoms with Gasteiger partial charge in [0.25, 0.3) is 0 Å². The van der Waals surface area contributed by atoms with Crippen molar-refractivity contribution in [3.8, 4) is 0 Å². The fraction of sp³-hybridized carbons (Fsp3) is 0.200. The molecule has 0 atom stereocenters. The zero-order valence-corrected chi connectivity index (χ0v) is 7.65. The van der Waals surface area contributed by atoms with Gasteiger partial charge in [0.2, 0.25) is 6.20 Å². The number of benzene rings is 1. The maximum Gasteiger partial charge on any atom is 0.237 e. The maximum absolute atomic E-state index is 10.2. The van der Waals surface area contributed by atoms with Crippen LogP contribution in [0.2, 0.25) is 0 Å². The molecular formula is C10H11NO2. The van der Waals surface area contributed by atoms with Crippen molar-refractivity contribution in [1.82, 2.24) is 0 Å². The first-order chi connectivity index (χ1) is 6.09. The van der Waals surface area contributed by atoms with Crippen LogP contribution in [0.25, 0.3) is 5.57 Å². The van der Waals surface area contributed by atoms with Crippen LogP contribution >= 0.6 is 0 Å². The Hall–Kier alpha value is -1.64. The lowest BCUT2D eigenvalue weighted by atomic mass is 10.1. The molecule has 13 heavy (non-hydrogen) atoms. The van der Waals surface area contributed by atoms with E-state index in [1.54, 1.807) is 6.92 Å². The number of rotatable bonds is 2. The van der Waals surface area contributed by atoms with Gasteiger partial charge in [-0.3, -0.25) is 10.1 Å². The highest BCUT2D eigenvalue weighted by Gasteiger charge is 1.99. The van der Waals surface area contributed by atoms with E-state index >= 15 is 0 Å². The normalized spacial score (nSPS) is 11.4. The van der Waals surface area contributed by atoms with Gasteiger partial charge in [0.1, 0.15) is 0 Å². The lowest BCUT2D eigenvalue weighted by molar-refractivity contribution is -0.401. The summed E-state index contributed by atoms with van der Waals surface area (Å²) < 4.78 is 0. The van der Waals surface area contributed by atoms with Gasteiger partial charge in [-0.15, -0.1) is 0 Å². The average Bonchev–Trinajstić information content (AvgIpc) is 2.04. The monoisotopic (exact) mass is 177 g/mol. The van der Waals surface area contributed by atoms with Crippen molar-refractivity contribution < 1.29 is 4.92 Å². The van der Waals surface area contributed by atoms with Crippen LogP contribution in [0.4, 0.5) is 0 Å². The van der Waals surface area contributed by atoms with E-state index in [0.717, 1.165) is 17.3 Å². The summed E-state index contributed by atoms with van der Waals surface area (Å²) in [6.07, 6.45) is 1.02. The Morgan fingerprint density at radius 2 is 1.92 bits per heavy atom. The summed E-state index contributed by atoms with van der Waals surface area (Å²) in [7, 11) is 0. The number of allylic oxidation sites excluding steroid dienone is 1. The Morgan fingerprint density at radius 3 is 2.38 bits per heavy atom. The minimum atomic E-state index is -0.435. The number of hydrogen-bond acceptors (Lipinski definition) is 2. The molecule has 1 aromatic carbocycles. The molecule has 0 aliphatic rings. The minimum Gasteiger partial charge on any atom is -0.259 e. The van der Waals surface area contributed by atoms with E-state index in [9.17, 15) is 10.1 Å². The first kappa shape index (κ1) is 9.45. The molecule has 0 N–H and O–H groups in total. The highest BCUT2D eigenvalue weighted by molar-refractivity contribution is 5.62. The minimum absolute atomic E-state index is 0.435. The molecule has 0 aromatic heterocycles. The summed E-state index contributed by atoms with van der Waals surface area (Å²) in [6.45, 7) is 3.71. The SMILES string of the molecule is C/C(=C\[N+](=O)[O-])c1ccc(C)cc1. The van der Waals surface area contributed by atoms with Crippen molar-refractivity contribution in [2.24, 2.45) is 0 Å². The van der Waals surface area contributed by atoms with Gasteiger partial charge in [-0.05, 0) is 19.4 Å². The van der Waals surface area contributed by atoms with Crippen molar-refractivity contribution in [2.45, 2.75) is 13.8 Å². The molecule has 0 amide bonds. The summed E-state index contributed by atoms with van der Waals surface area (Å²) >= 11 is 0. The molecule has 0 aliphatic carbocycles. The fourth-order valence-corrected chi connectivity index (χ4v) is 1.05. The third-order valence-corrected chi connectivity index (χ3v) is 1.81. The van der Waals surface area contributed by atoms with Crippen molar-refractivity contribution in [1.29, 1.82) is 0 Å². The summed E-state index contributed by atoms with van der Waals surface area (Å²) in [5.41, 5.74) is 2.71. The zero-order valence-electron chi connectivity index (χ0n) is 7.65. The largest absolute Gasteiger partial charge is 0.259 e. The van der Waals surface area contributed by atoms with Crippen LogP contribution < -0.4 is 0 Å². The summed E-state index contributed by atoms with van der Waals surface area (Å²) in [6, 6.07) is 7.63. The van der Waals surface area contributed by atoms with E-state index in [0.29, 0.717) is 5.57 Å². The van der Waals surface area contributed by atoms with Crippen LogP contribution in [-0.2, 0) is 0 Å². The molecule has 3 nitrogen and oxygen atoms in total. The Labute approximate surface area is 76.9 Å². The predicted octanol–water partition coefficient (Wildman–Crippen LogP) is 2.63. The molecule has 68 valence electrons. The van der Waals surface area contributed by atoms with Gasteiger partial charge < -0.3 is 0 Å². The Bertz CT molecular complexity index is 338. The molecule has 0 fully saturated rings. The van der Waals surface area contributed by atoms with E-state index in [2.05, 4.69) is 0 Å². The molecule has 1 rings (SSSR count). The van der Waals surface area contributed by atoms with E-state index in [1.807, 2.05) is 31.2 Å². The Morgan fingerprint density at radius 1 is 1.38 bits per heavy atom. The van der Waals surface area contributed by atoms with E-state index in [1.165, 1.54) is 0 Å². The van der Waals surface area contributed by atoms with Crippen LogP contribution in [0, 0.1) is 17.0 Å². The zero-order chi connectivity index (χ0) is 9.84. The number of nitrogens with zero attached hydrogens (tertiary/aromatic N) is 1. The van der Waals surface area contributed by atoms with Crippen LogP contribution in [-0.4, -0.2) is 4.92 Å². The van der Waals surface area contributed by atoms with Gasteiger partial charge >= 0.3 is 0 Å². The van der Waals surface area contributed by atoms with E-state index in [4.69, 9.17) is 0 Å². The van der Waals surface area contributed by atoms with E-state index in [-0.39, 0.29) is 0 Å². The van der Waals surface area contributed by atoms with E-state index < -0.39 is 4.92 Å². The molecular weight excluding hydrogens is 166 g/mol. The molecule has 0 unspecified atom stereocenters. The molecule has 0 saturated carbocycles. The first-order valence-corrected chi connectivity index (χ1v) is 3.98. The molecule has 1 aromatic rings. The van der Waals surface area contributed by atoms with Crippen LogP contribution in [0.5, 0.6) is 0 Å². The van der Waals surface area contributed by atoms with Crippen molar-refractivity contribution in [3.63, 3.8) is 0 Å². The smallest absolute Gasteiger partial charge is 0.237 e. The molecule has 3 heteroatoms. The van der Waals surface area contributed by atoms with Crippen LogP contribution in [0.1, 0.15) is 18.1 Å². The summed E-state index contributed by atoms with van der Waals surface area (Å²) in [5.74, 6) is 0. The number of hydrogen-bond donors (Lipinski definition) is 0. The first-order valence-electron chi connectivity index (χ1n) is 3.98. The lowest BCUT2D eigenvalue weighted by Crippen LogP contribution is -1.87. The third kappa shape index (κ3) is 2.71. The van der Waals surface area contributed by atoms with Gasteiger partial charge in [0.15, 0.2) is 0 Å². The topological polar surface area (TPSA) is 43.1 Å². The van der Waals surface area contributed by atoms with Gasteiger partial charge in [-0.1, -0.05) is 29.8 Å². The van der Waals surface area contributed by atoms with Gasteiger partial charge in [0.05, 0.1) is 4.92 Å². The highest BCUT2D eigenvalue weighted by Crippen LogP contribution is 2.13. The van der Waals surface area contributed by atoms with Gasteiger partial charge in [-0.2, -0.15) is 0 Å². The number of aryl methyl sites for hydroxylation is 1. The second kappa shape index (κ2) is 3.85. The Kier molecular flexibility index (Phi) is 2.80. The molecule has 0 radical (unpaired) electrons. The highest BCUT2D eigenvalue weighted by atomic mass is 16.6. The second-order valence-corrected chi connectivity index (χ2v) is 2.96.